The van der Waals surface area contributed by atoms with Gasteiger partial charge in [0.25, 0.3) is 0 Å². The second-order valence-corrected chi connectivity index (χ2v) is 5.62. The molecular formula is C16H15BrF2O2. The van der Waals surface area contributed by atoms with Crippen LogP contribution in [0.2, 0.25) is 0 Å². The molecule has 2 aromatic rings. The quantitative estimate of drug-likeness (QED) is 0.883. The van der Waals surface area contributed by atoms with Gasteiger partial charge in [0.2, 0.25) is 0 Å². The van der Waals surface area contributed by atoms with E-state index in [2.05, 4.69) is 15.9 Å². The van der Waals surface area contributed by atoms with Crippen LogP contribution in [0.4, 0.5) is 8.78 Å². The van der Waals surface area contributed by atoms with Crippen LogP contribution in [0.15, 0.2) is 34.8 Å². The Morgan fingerprint density at radius 3 is 2.62 bits per heavy atom. The van der Waals surface area contributed by atoms with Gasteiger partial charge in [0.15, 0.2) is 0 Å². The molecule has 1 atom stereocenters. The Morgan fingerprint density at radius 1 is 1.24 bits per heavy atom. The Hall–Kier alpha value is -1.46. The van der Waals surface area contributed by atoms with Crippen LogP contribution < -0.4 is 4.74 Å². The molecule has 0 aliphatic carbocycles. The first kappa shape index (κ1) is 15.9. The predicted molar refractivity (Wildman–Crippen MR) is 80.5 cm³/mol. The maximum atomic E-state index is 14.0. The minimum absolute atomic E-state index is 0.0784. The van der Waals surface area contributed by atoms with Crippen LogP contribution >= 0.6 is 15.9 Å². The third kappa shape index (κ3) is 3.41. The molecule has 0 heterocycles. The number of ether oxygens (including phenoxy) is 1. The summed E-state index contributed by atoms with van der Waals surface area (Å²) >= 11 is 3.36. The van der Waals surface area contributed by atoms with E-state index in [1.54, 1.807) is 18.2 Å². The molecular weight excluding hydrogens is 342 g/mol. The Bertz CT molecular complexity index is 659. The number of rotatable bonds is 4. The number of aliphatic hydroxyl groups excluding tert-OH is 1. The Balaban J connectivity index is 2.34. The molecule has 0 bridgehead atoms. The van der Waals surface area contributed by atoms with Crippen molar-refractivity contribution in [2.24, 2.45) is 0 Å². The van der Waals surface area contributed by atoms with Crippen LogP contribution in [-0.4, -0.2) is 12.2 Å². The van der Waals surface area contributed by atoms with E-state index in [0.717, 1.165) is 10.5 Å². The summed E-state index contributed by atoms with van der Waals surface area (Å²) in [4.78, 5) is 0. The third-order valence-corrected chi connectivity index (χ3v) is 4.09. The van der Waals surface area contributed by atoms with Gasteiger partial charge in [-0.1, -0.05) is 22.0 Å². The summed E-state index contributed by atoms with van der Waals surface area (Å²) in [5.74, 6) is -0.836. The van der Waals surface area contributed by atoms with Crippen molar-refractivity contribution in [1.29, 1.82) is 0 Å². The van der Waals surface area contributed by atoms with Crippen molar-refractivity contribution in [1.82, 2.24) is 0 Å². The van der Waals surface area contributed by atoms with Crippen LogP contribution in [0, 0.1) is 18.6 Å². The van der Waals surface area contributed by atoms with Gasteiger partial charge >= 0.3 is 0 Å². The molecule has 0 spiro atoms. The lowest BCUT2D eigenvalue weighted by Crippen LogP contribution is -2.09. The van der Waals surface area contributed by atoms with Gasteiger partial charge < -0.3 is 9.84 Å². The molecule has 0 amide bonds. The number of halogens is 3. The second kappa shape index (κ2) is 6.54. The van der Waals surface area contributed by atoms with E-state index < -0.39 is 17.7 Å². The van der Waals surface area contributed by atoms with Gasteiger partial charge in [-0.25, -0.2) is 8.78 Å². The summed E-state index contributed by atoms with van der Waals surface area (Å²) in [7, 11) is 1.53. The van der Waals surface area contributed by atoms with Crippen LogP contribution in [0.25, 0.3) is 0 Å². The summed E-state index contributed by atoms with van der Waals surface area (Å²) < 4.78 is 33.7. The molecule has 0 saturated heterocycles. The smallest absolute Gasteiger partial charge is 0.134 e. The van der Waals surface area contributed by atoms with Gasteiger partial charge in [-0.05, 0) is 42.3 Å². The molecule has 1 unspecified atom stereocenters. The van der Waals surface area contributed by atoms with Gasteiger partial charge in [0.05, 0.1) is 18.8 Å². The van der Waals surface area contributed by atoms with Crippen molar-refractivity contribution < 1.29 is 18.6 Å². The normalized spacial score (nSPS) is 12.3. The lowest BCUT2D eigenvalue weighted by Gasteiger charge is -2.16. The molecule has 0 aromatic heterocycles. The van der Waals surface area contributed by atoms with Gasteiger partial charge in [0.1, 0.15) is 17.4 Å². The molecule has 2 aromatic carbocycles. The topological polar surface area (TPSA) is 29.5 Å². The number of benzene rings is 2. The maximum absolute atomic E-state index is 14.0. The molecule has 1 N–H and O–H groups in total. The highest BCUT2D eigenvalue weighted by Gasteiger charge is 2.21. The average Bonchev–Trinajstić information content (AvgIpc) is 2.46. The number of methoxy groups -OCH3 is 1. The van der Waals surface area contributed by atoms with Crippen LogP contribution in [0.5, 0.6) is 5.75 Å². The number of aryl methyl sites for hydroxylation is 1. The standard InChI is InChI=1S/C16H15BrF2O2/c1-9-3-6-13(18)15(16(9)19)14(20)8-10-7-11(21-2)4-5-12(10)17/h3-7,14,20H,8H2,1-2H3. The Morgan fingerprint density at radius 2 is 1.95 bits per heavy atom. The SMILES string of the molecule is COc1ccc(Br)c(CC(O)c2c(F)ccc(C)c2F)c1. The summed E-state index contributed by atoms with van der Waals surface area (Å²) in [6.07, 6.45) is -1.19. The number of hydrogen-bond donors (Lipinski definition) is 1. The lowest BCUT2D eigenvalue weighted by molar-refractivity contribution is 0.168. The van der Waals surface area contributed by atoms with Crippen LogP contribution in [-0.2, 0) is 6.42 Å². The van der Waals surface area contributed by atoms with Crippen molar-refractivity contribution in [2.45, 2.75) is 19.4 Å². The van der Waals surface area contributed by atoms with E-state index in [9.17, 15) is 13.9 Å². The largest absolute Gasteiger partial charge is 0.497 e. The van der Waals surface area contributed by atoms with Gasteiger partial charge in [-0.15, -0.1) is 0 Å². The predicted octanol–water partition coefficient (Wildman–Crippen LogP) is 4.32. The van der Waals surface area contributed by atoms with Crippen molar-refractivity contribution in [3.8, 4) is 5.75 Å². The molecule has 0 aliphatic heterocycles. The minimum Gasteiger partial charge on any atom is -0.497 e. The summed E-state index contributed by atoms with van der Waals surface area (Å²) in [5.41, 5.74) is 0.710. The van der Waals surface area contributed by atoms with Crippen LogP contribution in [0.3, 0.4) is 0 Å². The highest BCUT2D eigenvalue weighted by molar-refractivity contribution is 9.10. The first-order valence-corrected chi connectivity index (χ1v) is 7.18. The van der Waals surface area contributed by atoms with E-state index >= 15 is 0 Å². The second-order valence-electron chi connectivity index (χ2n) is 4.77. The van der Waals surface area contributed by atoms with Gasteiger partial charge in [0, 0.05) is 10.9 Å². The monoisotopic (exact) mass is 356 g/mol. The Labute approximate surface area is 130 Å². The highest BCUT2D eigenvalue weighted by atomic mass is 79.9. The number of aliphatic hydroxyl groups is 1. The zero-order valence-corrected chi connectivity index (χ0v) is 13.2. The lowest BCUT2D eigenvalue weighted by atomic mass is 9.98. The maximum Gasteiger partial charge on any atom is 0.134 e. The van der Waals surface area contributed by atoms with E-state index in [-0.39, 0.29) is 12.0 Å². The van der Waals surface area contributed by atoms with Gasteiger partial charge in [-0.2, -0.15) is 0 Å². The molecule has 0 radical (unpaired) electrons. The van der Waals surface area contributed by atoms with E-state index in [1.807, 2.05) is 0 Å². The van der Waals surface area contributed by atoms with Gasteiger partial charge in [-0.3, -0.25) is 0 Å². The third-order valence-electron chi connectivity index (χ3n) is 3.32. The molecule has 0 fully saturated rings. The summed E-state index contributed by atoms with van der Waals surface area (Å²) in [6.45, 7) is 1.53. The molecule has 0 saturated carbocycles. The average molecular weight is 357 g/mol. The highest BCUT2D eigenvalue weighted by Crippen LogP contribution is 2.30. The van der Waals surface area contributed by atoms with E-state index in [0.29, 0.717) is 16.9 Å². The van der Waals surface area contributed by atoms with Crippen molar-refractivity contribution in [3.05, 3.63) is 63.1 Å². The van der Waals surface area contributed by atoms with E-state index in [4.69, 9.17) is 4.74 Å². The fraction of sp³-hybridized carbons (Fsp3) is 0.250. The molecule has 5 heteroatoms. The first-order valence-electron chi connectivity index (χ1n) is 6.39. The van der Waals surface area contributed by atoms with Crippen molar-refractivity contribution in [2.75, 3.05) is 7.11 Å². The van der Waals surface area contributed by atoms with Crippen molar-refractivity contribution in [3.63, 3.8) is 0 Å². The molecule has 2 nitrogen and oxygen atoms in total. The van der Waals surface area contributed by atoms with E-state index in [1.165, 1.54) is 20.1 Å². The molecule has 112 valence electrons. The molecule has 0 aliphatic rings. The number of hydrogen-bond acceptors (Lipinski definition) is 2. The Kier molecular flexibility index (Phi) is 4.96. The summed E-state index contributed by atoms with van der Waals surface area (Å²) in [5, 5.41) is 10.2. The zero-order chi connectivity index (χ0) is 15.6. The van der Waals surface area contributed by atoms with Crippen molar-refractivity contribution >= 4 is 15.9 Å². The minimum atomic E-state index is -1.27. The zero-order valence-electron chi connectivity index (χ0n) is 11.7. The first-order chi connectivity index (χ1) is 9.93. The summed E-state index contributed by atoms with van der Waals surface area (Å²) in [6, 6.07) is 7.76. The molecule has 21 heavy (non-hydrogen) atoms. The fourth-order valence-electron chi connectivity index (χ4n) is 2.13. The fourth-order valence-corrected chi connectivity index (χ4v) is 2.54. The van der Waals surface area contributed by atoms with Crippen LogP contribution in [0.1, 0.15) is 22.8 Å². The molecule has 2 rings (SSSR count).